The van der Waals surface area contributed by atoms with Crippen LogP contribution in [0.25, 0.3) is 0 Å². The first-order valence-electron chi connectivity index (χ1n) is 12.4. The molecule has 8 atom stereocenters. The Morgan fingerprint density at radius 2 is 1.72 bits per heavy atom. The van der Waals surface area contributed by atoms with Gasteiger partial charge in [0.2, 0.25) is 17.7 Å². The highest BCUT2D eigenvalue weighted by molar-refractivity contribution is 5.91. The number of ether oxygens (including phenoxy) is 3. The summed E-state index contributed by atoms with van der Waals surface area (Å²) in [5, 5.41) is 31.3. The molecule has 0 bridgehead atoms. The number of aliphatic hydroxyl groups excluding tert-OH is 1. The molecule has 1 unspecified atom stereocenters. The minimum Gasteiger partial charge on any atom is -0.481 e. The number of carbonyl (C=O) groups excluding carboxylic acids is 4. The third-order valence-electron chi connectivity index (χ3n) is 6.05. The molecule has 1 rings (SSSR count). The Balaban J connectivity index is 3.29. The van der Waals surface area contributed by atoms with Crippen LogP contribution < -0.4 is 16.8 Å². The lowest BCUT2D eigenvalue weighted by molar-refractivity contribution is -0.247. The van der Waals surface area contributed by atoms with E-state index in [9.17, 15) is 39.0 Å². The van der Waals surface area contributed by atoms with Crippen LogP contribution in [0.1, 0.15) is 53.4 Å². The van der Waals surface area contributed by atoms with E-state index in [0.717, 1.165) is 11.8 Å². The van der Waals surface area contributed by atoms with Crippen molar-refractivity contribution >= 4 is 35.6 Å². The van der Waals surface area contributed by atoms with Gasteiger partial charge in [0.15, 0.2) is 12.3 Å². The second-order valence-electron chi connectivity index (χ2n) is 9.15. The van der Waals surface area contributed by atoms with Crippen LogP contribution in [0.15, 0.2) is 0 Å². The number of nitrogens with zero attached hydrogens (tertiary/aromatic N) is 1. The molecule has 1 saturated heterocycles. The molecule has 0 aromatic carbocycles. The standard InChI is InChI=1S/C23H38N4O12/c1-5-6-16(31)37-9-14-18(32)19(38-11(3)23(35)36)17(24)22(39-14)27(12(4)28)10(2)21(34)26-13(20(25)33)7-8-15(29)30/h10-11,13-14,17-19,22,32H,5-9,24H2,1-4H3,(H2,25,33)(H,26,34)(H,29,30)(H,35,36)/t10-,11+,13+,14+,17+,18+,19+,22?/m0/s1. The lowest BCUT2D eigenvalue weighted by Crippen LogP contribution is -2.70. The second kappa shape index (κ2) is 15.3. The number of carboxylic acids is 2. The van der Waals surface area contributed by atoms with Crippen LogP contribution in [0.5, 0.6) is 0 Å². The first-order valence-corrected chi connectivity index (χ1v) is 12.4. The predicted molar refractivity (Wildman–Crippen MR) is 130 cm³/mol. The fourth-order valence-electron chi connectivity index (χ4n) is 3.90. The molecular weight excluding hydrogens is 524 g/mol. The molecule has 1 fully saturated rings. The molecule has 0 saturated carbocycles. The van der Waals surface area contributed by atoms with E-state index < -0.39 is 97.4 Å². The van der Waals surface area contributed by atoms with Gasteiger partial charge in [-0.1, -0.05) is 6.92 Å². The van der Waals surface area contributed by atoms with E-state index in [1.807, 2.05) is 0 Å². The van der Waals surface area contributed by atoms with E-state index in [-0.39, 0.29) is 12.8 Å². The maximum Gasteiger partial charge on any atom is 0.332 e. The van der Waals surface area contributed by atoms with Gasteiger partial charge in [-0.25, -0.2) is 4.79 Å². The second-order valence-corrected chi connectivity index (χ2v) is 9.15. The third kappa shape index (κ3) is 9.72. The van der Waals surface area contributed by atoms with Gasteiger partial charge in [0, 0.05) is 19.8 Å². The number of rotatable bonds is 15. The Labute approximate surface area is 224 Å². The summed E-state index contributed by atoms with van der Waals surface area (Å²) in [7, 11) is 0. The Morgan fingerprint density at radius 1 is 1.10 bits per heavy atom. The van der Waals surface area contributed by atoms with Gasteiger partial charge in [-0.15, -0.1) is 0 Å². The normalized spacial score (nSPS) is 25.0. The number of carboxylic acid groups (broad SMARTS) is 2. The van der Waals surface area contributed by atoms with E-state index in [4.69, 9.17) is 30.8 Å². The zero-order valence-corrected chi connectivity index (χ0v) is 22.3. The minimum atomic E-state index is -1.58. The van der Waals surface area contributed by atoms with E-state index in [1.54, 1.807) is 6.92 Å². The molecule has 0 aliphatic carbocycles. The topological polar surface area (TPSA) is 258 Å². The summed E-state index contributed by atoms with van der Waals surface area (Å²) >= 11 is 0. The molecule has 0 radical (unpaired) electrons. The molecule has 1 aliphatic heterocycles. The highest BCUT2D eigenvalue weighted by atomic mass is 16.6. The van der Waals surface area contributed by atoms with Crippen LogP contribution in [0.2, 0.25) is 0 Å². The Hall–Kier alpha value is -3.34. The van der Waals surface area contributed by atoms with Crippen LogP contribution in [-0.2, 0) is 43.0 Å². The Morgan fingerprint density at radius 3 is 2.21 bits per heavy atom. The van der Waals surface area contributed by atoms with Crippen LogP contribution in [0.4, 0.5) is 0 Å². The molecule has 222 valence electrons. The van der Waals surface area contributed by atoms with Crippen molar-refractivity contribution in [2.75, 3.05) is 6.61 Å². The maximum absolute atomic E-state index is 13.0. The summed E-state index contributed by atoms with van der Waals surface area (Å²) in [6.07, 6.45) is -7.46. The molecule has 39 heavy (non-hydrogen) atoms. The number of amides is 3. The van der Waals surface area contributed by atoms with E-state index >= 15 is 0 Å². The predicted octanol–water partition coefficient (Wildman–Crippen LogP) is -2.33. The van der Waals surface area contributed by atoms with Crippen molar-refractivity contribution in [3.8, 4) is 0 Å². The highest BCUT2D eigenvalue weighted by Crippen LogP contribution is 2.27. The quantitative estimate of drug-likeness (QED) is 0.115. The molecule has 0 aromatic heterocycles. The van der Waals surface area contributed by atoms with Crippen molar-refractivity contribution in [1.29, 1.82) is 0 Å². The molecule has 8 N–H and O–H groups in total. The Bertz CT molecular complexity index is 916. The van der Waals surface area contributed by atoms with Gasteiger partial charge in [-0.2, -0.15) is 0 Å². The number of aliphatic hydroxyl groups is 1. The number of esters is 1. The van der Waals surface area contributed by atoms with Crippen molar-refractivity contribution in [3.63, 3.8) is 0 Å². The van der Waals surface area contributed by atoms with Gasteiger partial charge in [0.05, 0.1) is 6.04 Å². The molecule has 0 aromatic rings. The molecule has 1 heterocycles. The summed E-state index contributed by atoms with van der Waals surface area (Å²) < 4.78 is 16.4. The number of carbonyl (C=O) groups is 6. The summed E-state index contributed by atoms with van der Waals surface area (Å²) in [6, 6.07) is -4.12. The third-order valence-corrected chi connectivity index (χ3v) is 6.05. The highest BCUT2D eigenvalue weighted by Gasteiger charge is 2.50. The monoisotopic (exact) mass is 562 g/mol. The number of hydrogen-bond donors (Lipinski definition) is 6. The van der Waals surface area contributed by atoms with Gasteiger partial charge in [-0.05, 0) is 26.7 Å². The van der Waals surface area contributed by atoms with Crippen molar-refractivity contribution in [3.05, 3.63) is 0 Å². The lowest BCUT2D eigenvalue weighted by atomic mass is 9.94. The van der Waals surface area contributed by atoms with Crippen molar-refractivity contribution in [1.82, 2.24) is 10.2 Å². The van der Waals surface area contributed by atoms with Crippen LogP contribution in [0, 0.1) is 0 Å². The van der Waals surface area contributed by atoms with Gasteiger partial charge in [0.25, 0.3) is 0 Å². The van der Waals surface area contributed by atoms with Gasteiger partial charge in [-0.3, -0.25) is 24.0 Å². The van der Waals surface area contributed by atoms with Gasteiger partial charge < -0.3 is 51.2 Å². The average Bonchev–Trinajstić information content (AvgIpc) is 2.84. The van der Waals surface area contributed by atoms with Crippen molar-refractivity contribution in [2.45, 2.75) is 102 Å². The lowest BCUT2D eigenvalue weighted by Gasteiger charge is -2.48. The van der Waals surface area contributed by atoms with Crippen LogP contribution in [0.3, 0.4) is 0 Å². The number of hydrogen-bond acceptors (Lipinski definition) is 11. The molecular formula is C23H38N4O12. The zero-order valence-electron chi connectivity index (χ0n) is 22.3. The van der Waals surface area contributed by atoms with Gasteiger partial charge >= 0.3 is 17.9 Å². The smallest absolute Gasteiger partial charge is 0.332 e. The Kier molecular flexibility index (Phi) is 13.2. The van der Waals surface area contributed by atoms with Crippen LogP contribution in [-0.4, -0.2) is 111 Å². The maximum atomic E-state index is 13.0. The van der Waals surface area contributed by atoms with Crippen LogP contribution >= 0.6 is 0 Å². The SMILES string of the molecule is CCCC(=O)OC[C@H]1OC(N(C(C)=O)[C@@H](C)C(=O)N[C@H](CCC(=O)O)C(N)=O)[C@H](N)[C@@H](O[C@H](C)C(=O)O)[C@@H]1O. The molecule has 0 spiro atoms. The summed E-state index contributed by atoms with van der Waals surface area (Å²) in [6.45, 7) is 4.82. The van der Waals surface area contributed by atoms with Crippen molar-refractivity contribution in [2.24, 2.45) is 11.5 Å². The van der Waals surface area contributed by atoms with Crippen molar-refractivity contribution < 1.29 is 58.3 Å². The fourth-order valence-corrected chi connectivity index (χ4v) is 3.90. The molecule has 16 nitrogen and oxygen atoms in total. The minimum absolute atomic E-state index is 0.0847. The number of aliphatic carboxylic acids is 2. The number of primary amides is 1. The summed E-state index contributed by atoms with van der Waals surface area (Å²) in [5.41, 5.74) is 11.5. The number of nitrogens with two attached hydrogens (primary N) is 2. The zero-order chi connectivity index (χ0) is 30.0. The summed E-state index contributed by atoms with van der Waals surface area (Å²) in [4.78, 5) is 72.5. The van der Waals surface area contributed by atoms with E-state index in [1.165, 1.54) is 13.8 Å². The largest absolute Gasteiger partial charge is 0.481 e. The number of nitrogens with one attached hydrogen (secondary N) is 1. The molecule has 16 heteroatoms. The first kappa shape index (κ1) is 33.7. The fraction of sp³-hybridized carbons (Fsp3) is 0.739. The average molecular weight is 563 g/mol. The van der Waals surface area contributed by atoms with E-state index in [0.29, 0.717) is 6.42 Å². The van der Waals surface area contributed by atoms with Gasteiger partial charge in [0.1, 0.15) is 37.0 Å². The molecule has 3 amide bonds. The van der Waals surface area contributed by atoms with E-state index in [2.05, 4.69) is 5.32 Å². The summed E-state index contributed by atoms with van der Waals surface area (Å²) in [5.74, 6) is -5.80. The first-order chi connectivity index (χ1) is 18.1. The molecule has 1 aliphatic rings.